The van der Waals surface area contributed by atoms with Gasteiger partial charge in [-0.15, -0.1) is 5.10 Å². The summed E-state index contributed by atoms with van der Waals surface area (Å²) in [5.74, 6) is 0. The third-order valence-electron chi connectivity index (χ3n) is 1.25. The summed E-state index contributed by atoms with van der Waals surface area (Å²) in [6.45, 7) is 0. The van der Waals surface area contributed by atoms with Gasteiger partial charge in [0.25, 0.3) is 0 Å². The molecule has 56 valence electrons. The van der Waals surface area contributed by atoms with Crippen molar-refractivity contribution in [2.75, 3.05) is 0 Å². The Bertz CT molecular complexity index is 271. The molecule has 1 aliphatic heterocycles. The molecule has 1 aliphatic rings. The summed E-state index contributed by atoms with van der Waals surface area (Å²) in [5, 5.41) is 7.71. The molecule has 0 aliphatic carbocycles. The van der Waals surface area contributed by atoms with Gasteiger partial charge in [0.15, 0.2) is 0 Å². The number of nitrogens with zero attached hydrogens (tertiary/aromatic N) is 2. The highest BCUT2D eigenvalue weighted by atomic mass is 32.2. The topological polar surface area (TPSA) is 49.8 Å². The van der Waals surface area contributed by atoms with Crippen molar-refractivity contribution in [2.24, 2.45) is 0 Å². The molecule has 11 heavy (non-hydrogen) atoms. The van der Waals surface area contributed by atoms with Gasteiger partial charge in [-0.2, -0.15) is 9.93 Å². The van der Waals surface area contributed by atoms with E-state index >= 15 is 0 Å². The Morgan fingerprint density at radius 2 is 2.45 bits per heavy atom. The molecule has 0 radical (unpaired) electrons. The van der Waals surface area contributed by atoms with E-state index in [1.165, 1.54) is 11.9 Å². The summed E-state index contributed by atoms with van der Waals surface area (Å²) in [7, 11) is 0. The van der Waals surface area contributed by atoms with Crippen LogP contribution in [0.15, 0.2) is 24.5 Å². The van der Waals surface area contributed by atoms with Crippen LogP contribution in [-0.4, -0.2) is 10.2 Å². The van der Waals surface area contributed by atoms with Gasteiger partial charge in [-0.3, -0.25) is 0 Å². The summed E-state index contributed by atoms with van der Waals surface area (Å²) in [6, 6.07) is 3.78. The molecule has 2 heterocycles. The number of aromatic nitrogens is 2. The third-order valence-corrected chi connectivity index (χ3v) is 2.01. The molecule has 0 bridgehead atoms. The van der Waals surface area contributed by atoms with E-state index in [4.69, 9.17) is 0 Å². The van der Waals surface area contributed by atoms with Gasteiger partial charge in [-0.1, -0.05) is 0 Å². The van der Waals surface area contributed by atoms with Gasteiger partial charge in [-0.05, 0) is 24.1 Å². The van der Waals surface area contributed by atoms with E-state index in [0.29, 0.717) is 0 Å². The second-order valence-electron chi connectivity index (χ2n) is 1.97. The first-order chi connectivity index (χ1) is 5.47. The van der Waals surface area contributed by atoms with Gasteiger partial charge in [0.05, 0.1) is 4.91 Å². The molecule has 2 rings (SSSR count). The molecule has 1 aromatic rings. The average Bonchev–Trinajstić information content (AvgIpc) is 2.58. The van der Waals surface area contributed by atoms with Crippen molar-refractivity contribution in [3.8, 4) is 0 Å². The molecule has 0 fully saturated rings. The fourth-order valence-electron chi connectivity index (χ4n) is 0.768. The van der Waals surface area contributed by atoms with Gasteiger partial charge in [0.1, 0.15) is 5.69 Å². The Morgan fingerprint density at radius 1 is 1.45 bits per heavy atom. The second kappa shape index (κ2) is 2.89. The summed E-state index contributed by atoms with van der Waals surface area (Å²) < 4.78 is 0. The molecule has 0 aromatic carbocycles. The minimum Gasteiger partial charge on any atom is -0.318 e. The Balaban J connectivity index is 2.29. The first-order valence-electron chi connectivity index (χ1n) is 3.12. The standard InChI is InChI=1S/C6H6N4S/c1-2-5(9-7-3-1)6-4-8-10-11-6/h1-4,8,10H. The Hall–Kier alpha value is -1.07. The van der Waals surface area contributed by atoms with E-state index in [9.17, 15) is 0 Å². The quantitative estimate of drug-likeness (QED) is 0.596. The molecule has 1 aromatic heterocycles. The van der Waals surface area contributed by atoms with Crippen LogP contribution in [0, 0.1) is 0 Å². The lowest BCUT2D eigenvalue weighted by Crippen LogP contribution is -2.11. The number of hydrogen-bond acceptors (Lipinski definition) is 5. The second-order valence-corrected chi connectivity index (χ2v) is 2.81. The monoisotopic (exact) mass is 166 g/mol. The normalized spacial score (nSPS) is 15.8. The van der Waals surface area contributed by atoms with Crippen LogP contribution in [0.1, 0.15) is 5.69 Å². The van der Waals surface area contributed by atoms with Gasteiger partial charge in [0, 0.05) is 12.4 Å². The molecule has 0 unspecified atom stereocenters. The van der Waals surface area contributed by atoms with Crippen molar-refractivity contribution in [2.45, 2.75) is 0 Å². The van der Waals surface area contributed by atoms with Crippen molar-refractivity contribution >= 4 is 16.9 Å². The van der Waals surface area contributed by atoms with E-state index < -0.39 is 0 Å². The Labute approximate surface area is 68.2 Å². The van der Waals surface area contributed by atoms with Crippen molar-refractivity contribution in [3.63, 3.8) is 0 Å². The summed E-state index contributed by atoms with van der Waals surface area (Å²) in [5.41, 5.74) is 3.74. The highest BCUT2D eigenvalue weighted by molar-refractivity contribution is 8.06. The Kier molecular flexibility index (Phi) is 1.74. The molecule has 0 amide bonds. The largest absolute Gasteiger partial charge is 0.318 e. The maximum absolute atomic E-state index is 3.94. The van der Waals surface area contributed by atoms with Crippen LogP contribution in [0.25, 0.3) is 4.91 Å². The number of hydrazine groups is 1. The van der Waals surface area contributed by atoms with Crippen LogP contribution < -0.4 is 10.3 Å². The zero-order valence-electron chi connectivity index (χ0n) is 5.61. The minimum atomic E-state index is 0.884. The lowest BCUT2D eigenvalue weighted by Gasteiger charge is -1.94. The van der Waals surface area contributed by atoms with Crippen LogP contribution in [0.2, 0.25) is 0 Å². The van der Waals surface area contributed by atoms with Crippen LogP contribution >= 0.6 is 11.9 Å². The maximum Gasteiger partial charge on any atom is 0.102 e. The SMILES string of the molecule is C1=C(c2cccnn2)SNN1. The van der Waals surface area contributed by atoms with Crippen molar-refractivity contribution < 1.29 is 0 Å². The minimum absolute atomic E-state index is 0.884. The van der Waals surface area contributed by atoms with E-state index in [1.807, 2.05) is 18.3 Å². The molecule has 0 atom stereocenters. The molecule has 4 nitrogen and oxygen atoms in total. The zero-order chi connectivity index (χ0) is 7.52. The fraction of sp³-hybridized carbons (Fsp3) is 0. The Morgan fingerprint density at radius 3 is 3.09 bits per heavy atom. The highest BCUT2D eigenvalue weighted by Crippen LogP contribution is 2.23. The summed E-state index contributed by atoms with van der Waals surface area (Å²) in [6.07, 6.45) is 3.51. The first-order valence-corrected chi connectivity index (χ1v) is 3.94. The van der Waals surface area contributed by atoms with Crippen molar-refractivity contribution in [1.29, 1.82) is 0 Å². The molecular formula is C6H6N4S. The zero-order valence-corrected chi connectivity index (χ0v) is 6.43. The van der Waals surface area contributed by atoms with Crippen molar-refractivity contribution in [3.05, 3.63) is 30.2 Å². The molecule has 0 spiro atoms. The molecular weight excluding hydrogens is 160 g/mol. The lowest BCUT2D eigenvalue weighted by molar-refractivity contribution is 0.896. The van der Waals surface area contributed by atoms with E-state index in [2.05, 4.69) is 20.5 Å². The van der Waals surface area contributed by atoms with Crippen LogP contribution in [0.3, 0.4) is 0 Å². The van der Waals surface area contributed by atoms with Gasteiger partial charge < -0.3 is 5.43 Å². The molecule has 0 saturated carbocycles. The molecule has 0 saturated heterocycles. The maximum atomic E-state index is 3.94. The van der Waals surface area contributed by atoms with Crippen molar-refractivity contribution in [1.82, 2.24) is 20.5 Å². The van der Waals surface area contributed by atoms with E-state index in [0.717, 1.165) is 10.6 Å². The predicted molar refractivity (Wildman–Crippen MR) is 43.9 cm³/mol. The van der Waals surface area contributed by atoms with Gasteiger partial charge >= 0.3 is 0 Å². The van der Waals surface area contributed by atoms with E-state index in [1.54, 1.807) is 6.20 Å². The van der Waals surface area contributed by atoms with Crippen LogP contribution in [0.4, 0.5) is 0 Å². The average molecular weight is 166 g/mol. The molecule has 5 heteroatoms. The number of rotatable bonds is 1. The molecule has 2 N–H and O–H groups in total. The van der Waals surface area contributed by atoms with Crippen LogP contribution in [0.5, 0.6) is 0 Å². The van der Waals surface area contributed by atoms with Gasteiger partial charge in [0.2, 0.25) is 0 Å². The van der Waals surface area contributed by atoms with Crippen LogP contribution in [-0.2, 0) is 0 Å². The summed E-state index contributed by atoms with van der Waals surface area (Å²) in [4.78, 5) is 3.93. The predicted octanol–water partition coefficient (Wildman–Crippen LogP) is 0.531. The fourth-order valence-corrected chi connectivity index (χ4v) is 1.33. The first kappa shape index (κ1) is 6.63. The lowest BCUT2D eigenvalue weighted by atomic mass is 10.4. The number of nitrogens with one attached hydrogen (secondary N) is 2. The summed E-state index contributed by atoms with van der Waals surface area (Å²) >= 11 is 1.49. The highest BCUT2D eigenvalue weighted by Gasteiger charge is 2.07. The number of hydrogen-bond donors (Lipinski definition) is 2. The van der Waals surface area contributed by atoms with Gasteiger partial charge in [-0.25, -0.2) is 0 Å². The smallest absolute Gasteiger partial charge is 0.102 e. The van der Waals surface area contributed by atoms with E-state index in [-0.39, 0.29) is 0 Å². The third kappa shape index (κ3) is 1.33.